The lowest BCUT2D eigenvalue weighted by Crippen LogP contribution is -2.36. The Morgan fingerprint density at radius 2 is 2.21 bits per heavy atom. The molecular weight excluding hydrogens is 258 g/mol. The number of ether oxygens (including phenoxy) is 1. The summed E-state index contributed by atoms with van der Waals surface area (Å²) in [6.07, 6.45) is 5.85. The molecule has 1 aromatic heterocycles. The standard InChI is InChI=1S/C14H25N3OS/c1-5-6-7-13(18-14-15-8-11-19-14)12-17(4)10-9-16(2)3/h5,8,11,13H,1,6-7,9-10,12H2,2-4H3/t13-/m1/s1. The Labute approximate surface area is 120 Å². The highest BCUT2D eigenvalue weighted by atomic mass is 32.1. The van der Waals surface area contributed by atoms with Gasteiger partial charge in [-0.1, -0.05) is 17.4 Å². The molecule has 0 saturated heterocycles. The molecule has 1 aromatic rings. The number of nitrogens with zero attached hydrogens (tertiary/aromatic N) is 3. The summed E-state index contributed by atoms with van der Waals surface area (Å²) in [5.41, 5.74) is 0. The van der Waals surface area contributed by atoms with Crippen LogP contribution in [0, 0.1) is 0 Å². The van der Waals surface area contributed by atoms with Crippen LogP contribution in [0.4, 0.5) is 0 Å². The van der Waals surface area contributed by atoms with E-state index >= 15 is 0 Å². The van der Waals surface area contributed by atoms with Crippen molar-refractivity contribution in [3.8, 4) is 5.19 Å². The molecule has 19 heavy (non-hydrogen) atoms. The quantitative estimate of drug-likeness (QED) is 0.616. The van der Waals surface area contributed by atoms with E-state index in [0.717, 1.165) is 37.7 Å². The first kappa shape index (κ1) is 16.1. The second-order valence-electron chi connectivity index (χ2n) is 4.97. The minimum Gasteiger partial charge on any atom is -0.465 e. The normalized spacial score (nSPS) is 12.9. The van der Waals surface area contributed by atoms with Crippen LogP contribution in [0.3, 0.4) is 0 Å². The van der Waals surface area contributed by atoms with Crippen LogP contribution < -0.4 is 4.74 Å². The Hall–Kier alpha value is -0.910. The number of aromatic nitrogens is 1. The molecule has 0 radical (unpaired) electrons. The second kappa shape index (κ2) is 9.07. The van der Waals surface area contributed by atoms with Gasteiger partial charge in [-0.05, 0) is 34.0 Å². The van der Waals surface area contributed by atoms with Crippen LogP contribution in [0.25, 0.3) is 0 Å². The van der Waals surface area contributed by atoms with Crippen LogP contribution in [0.2, 0.25) is 0 Å². The van der Waals surface area contributed by atoms with E-state index in [4.69, 9.17) is 4.74 Å². The van der Waals surface area contributed by atoms with E-state index in [1.165, 1.54) is 0 Å². The zero-order valence-corrected chi connectivity index (χ0v) is 13.0. The molecule has 1 rings (SSSR count). The lowest BCUT2D eigenvalue weighted by atomic mass is 10.2. The molecule has 0 spiro atoms. The Morgan fingerprint density at radius 3 is 2.79 bits per heavy atom. The highest BCUT2D eigenvalue weighted by Gasteiger charge is 2.14. The van der Waals surface area contributed by atoms with Crippen molar-refractivity contribution in [2.75, 3.05) is 40.8 Å². The number of likely N-dealkylation sites (N-methyl/N-ethyl adjacent to an activating group) is 2. The summed E-state index contributed by atoms with van der Waals surface area (Å²) in [4.78, 5) is 8.69. The summed E-state index contributed by atoms with van der Waals surface area (Å²) >= 11 is 1.54. The Balaban J connectivity index is 2.41. The van der Waals surface area contributed by atoms with Crippen LogP contribution >= 0.6 is 11.3 Å². The number of rotatable bonds is 10. The minimum atomic E-state index is 0.177. The van der Waals surface area contributed by atoms with Gasteiger partial charge in [-0.3, -0.25) is 0 Å². The molecule has 0 N–H and O–H groups in total. The smallest absolute Gasteiger partial charge is 0.273 e. The Kier molecular flexibility index (Phi) is 7.70. The predicted octanol–water partition coefficient (Wildman–Crippen LogP) is 2.35. The van der Waals surface area contributed by atoms with Gasteiger partial charge in [0.2, 0.25) is 0 Å². The van der Waals surface area contributed by atoms with Crippen LogP contribution in [-0.2, 0) is 0 Å². The third-order valence-corrected chi connectivity index (χ3v) is 3.48. The maximum Gasteiger partial charge on any atom is 0.273 e. The highest BCUT2D eigenvalue weighted by Crippen LogP contribution is 2.17. The van der Waals surface area contributed by atoms with Crippen molar-refractivity contribution >= 4 is 11.3 Å². The van der Waals surface area contributed by atoms with Crippen molar-refractivity contribution in [3.63, 3.8) is 0 Å². The van der Waals surface area contributed by atoms with Crippen molar-refractivity contribution in [1.82, 2.24) is 14.8 Å². The van der Waals surface area contributed by atoms with Gasteiger partial charge in [0.05, 0.1) is 0 Å². The van der Waals surface area contributed by atoms with Crippen LogP contribution in [-0.4, -0.2) is 61.7 Å². The lowest BCUT2D eigenvalue weighted by molar-refractivity contribution is 0.135. The summed E-state index contributed by atoms with van der Waals surface area (Å²) < 4.78 is 5.94. The average Bonchev–Trinajstić information content (AvgIpc) is 2.86. The van der Waals surface area contributed by atoms with Crippen molar-refractivity contribution in [2.45, 2.75) is 18.9 Å². The molecule has 0 unspecified atom stereocenters. The first-order valence-electron chi connectivity index (χ1n) is 6.62. The lowest BCUT2D eigenvalue weighted by Gasteiger charge is -2.24. The van der Waals surface area contributed by atoms with Gasteiger partial charge >= 0.3 is 0 Å². The summed E-state index contributed by atoms with van der Waals surface area (Å²) in [7, 11) is 6.32. The molecule has 0 saturated carbocycles. The molecule has 0 amide bonds. The van der Waals surface area contributed by atoms with E-state index in [-0.39, 0.29) is 6.10 Å². The largest absolute Gasteiger partial charge is 0.465 e. The Bertz CT molecular complexity index is 340. The van der Waals surface area contributed by atoms with Crippen LogP contribution in [0.1, 0.15) is 12.8 Å². The van der Waals surface area contributed by atoms with Gasteiger partial charge in [-0.15, -0.1) is 6.58 Å². The molecule has 0 aliphatic heterocycles. The fraction of sp³-hybridized carbons (Fsp3) is 0.643. The molecule has 0 aliphatic rings. The van der Waals surface area contributed by atoms with Gasteiger partial charge in [-0.25, -0.2) is 4.98 Å². The number of hydrogen-bond donors (Lipinski definition) is 0. The summed E-state index contributed by atoms with van der Waals surface area (Å²) in [6.45, 7) is 6.80. The summed E-state index contributed by atoms with van der Waals surface area (Å²) in [6, 6.07) is 0. The fourth-order valence-electron chi connectivity index (χ4n) is 1.71. The third-order valence-electron chi connectivity index (χ3n) is 2.81. The topological polar surface area (TPSA) is 28.6 Å². The van der Waals surface area contributed by atoms with Gasteiger partial charge in [0.1, 0.15) is 6.10 Å². The predicted molar refractivity (Wildman–Crippen MR) is 82.0 cm³/mol. The van der Waals surface area contributed by atoms with E-state index in [2.05, 4.69) is 42.5 Å². The highest BCUT2D eigenvalue weighted by molar-refractivity contribution is 7.11. The van der Waals surface area contributed by atoms with E-state index < -0.39 is 0 Å². The van der Waals surface area contributed by atoms with Gasteiger partial charge in [0.15, 0.2) is 0 Å². The maximum atomic E-state index is 5.94. The molecule has 1 heterocycles. The van der Waals surface area contributed by atoms with E-state index in [1.54, 1.807) is 17.5 Å². The van der Waals surface area contributed by atoms with Crippen molar-refractivity contribution in [3.05, 3.63) is 24.2 Å². The maximum absolute atomic E-state index is 5.94. The third kappa shape index (κ3) is 7.30. The minimum absolute atomic E-state index is 0.177. The van der Waals surface area contributed by atoms with Crippen LogP contribution in [0.5, 0.6) is 5.19 Å². The monoisotopic (exact) mass is 283 g/mol. The zero-order chi connectivity index (χ0) is 14.1. The fourth-order valence-corrected chi connectivity index (χ4v) is 2.26. The SMILES string of the molecule is C=CCC[C@H](CN(C)CCN(C)C)Oc1nccs1. The molecule has 108 valence electrons. The number of allylic oxidation sites excluding steroid dienone is 1. The number of hydrogen-bond acceptors (Lipinski definition) is 5. The van der Waals surface area contributed by atoms with Gasteiger partial charge in [0.25, 0.3) is 5.19 Å². The average molecular weight is 283 g/mol. The summed E-state index contributed by atoms with van der Waals surface area (Å²) in [5.74, 6) is 0. The van der Waals surface area contributed by atoms with Crippen molar-refractivity contribution in [1.29, 1.82) is 0 Å². The molecule has 0 fully saturated rings. The van der Waals surface area contributed by atoms with Crippen molar-refractivity contribution < 1.29 is 4.74 Å². The molecule has 0 bridgehead atoms. The Morgan fingerprint density at radius 1 is 1.42 bits per heavy atom. The van der Waals surface area contributed by atoms with Gasteiger partial charge in [0, 0.05) is 31.2 Å². The zero-order valence-electron chi connectivity index (χ0n) is 12.2. The molecule has 1 atom stereocenters. The number of thiazole rings is 1. The van der Waals surface area contributed by atoms with E-state index in [1.807, 2.05) is 11.5 Å². The molecule has 0 aliphatic carbocycles. The molecule has 0 aromatic carbocycles. The molecule has 4 nitrogen and oxygen atoms in total. The van der Waals surface area contributed by atoms with Gasteiger partial charge < -0.3 is 14.5 Å². The van der Waals surface area contributed by atoms with Crippen molar-refractivity contribution in [2.24, 2.45) is 0 Å². The van der Waals surface area contributed by atoms with E-state index in [0.29, 0.717) is 0 Å². The van der Waals surface area contributed by atoms with Gasteiger partial charge in [-0.2, -0.15) is 0 Å². The van der Waals surface area contributed by atoms with Crippen LogP contribution in [0.15, 0.2) is 24.2 Å². The first-order valence-corrected chi connectivity index (χ1v) is 7.50. The first-order chi connectivity index (χ1) is 9.11. The molecule has 5 heteroatoms. The second-order valence-corrected chi connectivity index (χ2v) is 5.83. The summed E-state index contributed by atoms with van der Waals surface area (Å²) in [5, 5.41) is 2.70. The van der Waals surface area contributed by atoms with E-state index in [9.17, 15) is 0 Å². The molecular formula is C14H25N3OS.